The molecule has 0 bridgehead atoms. The van der Waals surface area contributed by atoms with Gasteiger partial charge in [0.05, 0.1) is 13.2 Å². The van der Waals surface area contributed by atoms with E-state index in [-0.39, 0.29) is 11.4 Å². The van der Waals surface area contributed by atoms with Gasteiger partial charge in [-0.3, -0.25) is 9.69 Å². The molecule has 1 N–H and O–H groups in total. The number of halogens is 1. The number of nitrogens with zero attached hydrogens (tertiary/aromatic N) is 1. The minimum absolute atomic E-state index is 0.0671. The molecule has 0 radical (unpaired) electrons. The Labute approximate surface area is 161 Å². The number of amides is 1. The summed E-state index contributed by atoms with van der Waals surface area (Å²) in [6, 6.07) is 7.08. The van der Waals surface area contributed by atoms with Crippen LogP contribution in [0.1, 0.15) is 39.0 Å². The largest absolute Gasteiger partial charge is 0.481 e. The number of hydrogen-bond donors (Lipinski definition) is 1. The van der Waals surface area contributed by atoms with Crippen LogP contribution in [0.3, 0.4) is 0 Å². The summed E-state index contributed by atoms with van der Waals surface area (Å²) >= 11 is 5.89. The topological polar surface area (TPSA) is 50.8 Å². The molecule has 1 amide bonds. The smallest absolute Gasteiger partial charge is 0.260 e. The van der Waals surface area contributed by atoms with Gasteiger partial charge >= 0.3 is 0 Å². The highest BCUT2D eigenvalue weighted by molar-refractivity contribution is 6.30. The van der Waals surface area contributed by atoms with Crippen molar-refractivity contribution in [1.29, 1.82) is 0 Å². The second-order valence-corrected chi connectivity index (χ2v) is 7.75. The normalized spacial score (nSPS) is 21.8. The lowest BCUT2D eigenvalue weighted by Gasteiger charge is -2.48. The minimum atomic E-state index is -0.540. The lowest BCUT2D eigenvalue weighted by atomic mass is 9.79. The Hall–Kier alpha value is -1.30. The first-order chi connectivity index (χ1) is 12.6. The molecule has 2 fully saturated rings. The van der Waals surface area contributed by atoms with Crippen LogP contribution in [-0.4, -0.2) is 55.3 Å². The molecule has 3 rings (SSSR count). The van der Waals surface area contributed by atoms with Crippen molar-refractivity contribution in [2.24, 2.45) is 0 Å². The molecule has 1 heterocycles. The van der Waals surface area contributed by atoms with Gasteiger partial charge in [-0.2, -0.15) is 0 Å². The van der Waals surface area contributed by atoms with Crippen molar-refractivity contribution >= 4 is 17.5 Å². The Morgan fingerprint density at radius 1 is 1.23 bits per heavy atom. The van der Waals surface area contributed by atoms with E-state index in [1.807, 2.05) is 0 Å². The number of rotatable bonds is 6. The zero-order valence-corrected chi connectivity index (χ0v) is 16.3. The van der Waals surface area contributed by atoms with Crippen LogP contribution in [-0.2, 0) is 9.53 Å². The van der Waals surface area contributed by atoms with Crippen LogP contribution in [0.25, 0.3) is 0 Å². The molecule has 0 aromatic heterocycles. The van der Waals surface area contributed by atoms with Crippen molar-refractivity contribution in [3.63, 3.8) is 0 Å². The van der Waals surface area contributed by atoms with Gasteiger partial charge in [0, 0.05) is 30.2 Å². The van der Waals surface area contributed by atoms with Crippen LogP contribution in [0.15, 0.2) is 24.3 Å². The summed E-state index contributed by atoms with van der Waals surface area (Å²) in [5, 5.41) is 3.80. The van der Waals surface area contributed by atoms with Gasteiger partial charge < -0.3 is 14.8 Å². The van der Waals surface area contributed by atoms with E-state index < -0.39 is 6.10 Å². The molecule has 5 nitrogen and oxygen atoms in total. The van der Waals surface area contributed by atoms with E-state index in [1.54, 1.807) is 31.2 Å². The standard InChI is InChI=1S/C20H29ClN2O3/c1-16(26-18-7-5-17(21)6-8-18)19(24)22-15-20(9-3-2-4-10-20)23-11-13-25-14-12-23/h5-8,16H,2-4,9-15H2,1H3,(H,22,24). The number of benzene rings is 1. The zero-order chi connectivity index (χ0) is 18.4. The Morgan fingerprint density at radius 3 is 2.54 bits per heavy atom. The summed E-state index contributed by atoms with van der Waals surface area (Å²) in [4.78, 5) is 15.1. The van der Waals surface area contributed by atoms with Gasteiger partial charge in [0.1, 0.15) is 5.75 Å². The van der Waals surface area contributed by atoms with E-state index in [1.165, 1.54) is 19.3 Å². The quantitative estimate of drug-likeness (QED) is 0.823. The molecule has 26 heavy (non-hydrogen) atoms. The van der Waals surface area contributed by atoms with Crippen molar-refractivity contribution in [1.82, 2.24) is 10.2 Å². The summed E-state index contributed by atoms with van der Waals surface area (Å²) in [5.74, 6) is 0.579. The van der Waals surface area contributed by atoms with Gasteiger partial charge in [-0.25, -0.2) is 0 Å². The number of nitrogens with one attached hydrogen (secondary N) is 1. The third kappa shape index (κ3) is 4.90. The molecular formula is C20H29ClN2O3. The summed E-state index contributed by atoms with van der Waals surface area (Å²) < 4.78 is 11.3. The van der Waals surface area contributed by atoms with Crippen molar-refractivity contribution in [2.45, 2.75) is 50.7 Å². The third-order valence-corrected chi connectivity index (χ3v) is 5.81. The second kappa shape index (κ2) is 9.07. The van der Waals surface area contributed by atoms with Crippen molar-refractivity contribution < 1.29 is 14.3 Å². The predicted octanol–water partition coefficient (Wildman–Crippen LogP) is 3.26. The van der Waals surface area contributed by atoms with Crippen LogP contribution >= 0.6 is 11.6 Å². The molecule has 1 saturated heterocycles. The molecule has 1 unspecified atom stereocenters. The highest BCUT2D eigenvalue weighted by Crippen LogP contribution is 2.34. The lowest BCUT2D eigenvalue weighted by Crippen LogP contribution is -2.60. The number of ether oxygens (including phenoxy) is 2. The van der Waals surface area contributed by atoms with Crippen LogP contribution < -0.4 is 10.1 Å². The summed E-state index contributed by atoms with van der Waals surface area (Å²) in [6.07, 6.45) is 5.48. The van der Waals surface area contributed by atoms with E-state index in [0.29, 0.717) is 17.3 Å². The Kier molecular flexibility index (Phi) is 6.79. The Morgan fingerprint density at radius 2 is 1.88 bits per heavy atom. The highest BCUT2D eigenvalue weighted by Gasteiger charge is 2.39. The first kappa shape index (κ1) is 19.5. The number of morpholine rings is 1. The molecule has 144 valence electrons. The Balaban J connectivity index is 1.57. The van der Waals surface area contributed by atoms with Gasteiger partial charge in [-0.15, -0.1) is 0 Å². The van der Waals surface area contributed by atoms with Gasteiger partial charge in [0.15, 0.2) is 6.10 Å². The second-order valence-electron chi connectivity index (χ2n) is 7.32. The molecule has 1 atom stereocenters. The summed E-state index contributed by atoms with van der Waals surface area (Å²) in [7, 11) is 0. The predicted molar refractivity (Wildman–Crippen MR) is 103 cm³/mol. The molecule has 1 aromatic rings. The molecule has 1 aliphatic heterocycles. The Bertz CT molecular complexity index is 581. The van der Waals surface area contributed by atoms with E-state index in [4.69, 9.17) is 21.1 Å². The number of hydrogen-bond acceptors (Lipinski definition) is 4. The molecule has 1 aromatic carbocycles. The highest BCUT2D eigenvalue weighted by atomic mass is 35.5. The number of carbonyl (C=O) groups is 1. The van der Waals surface area contributed by atoms with E-state index in [9.17, 15) is 4.79 Å². The first-order valence-corrected chi connectivity index (χ1v) is 10.00. The maximum absolute atomic E-state index is 12.6. The average molecular weight is 381 g/mol. The van der Waals surface area contributed by atoms with Crippen molar-refractivity contribution in [2.75, 3.05) is 32.8 Å². The minimum Gasteiger partial charge on any atom is -0.481 e. The van der Waals surface area contributed by atoms with Gasteiger partial charge in [-0.05, 0) is 44.0 Å². The van der Waals surface area contributed by atoms with E-state index >= 15 is 0 Å². The molecule has 1 aliphatic carbocycles. The average Bonchev–Trinajstić information content (AvgIpc) is 2.69. The summed E-state index contributed by atoms with van der Waals surface area (Å²) in [5.41, 5.74) is 0.0671. The number of carbonyl (C=O) groups excluding carboxylic acids is 1. The third-order valence-electron chi connectivity index (χ3n) is 5.55. The SMILES string of the molecule is CC(Oc1ccc(Cl)cc1)C(=O)NCC1(N2CCOCC2)CCCCC1. The fourth-order valence-electron chi connectivity index (χ4n) is 4.02. The lowest BCUT2D eigenvalue weighted by molar-refractivity contribution is -0.128. The van der Waals surface area contributed by atoms with Crippen LogP contribution in [0, 0.1) is 0 Å². The molecule has 1 saturated carbocycles. The maximum Gasteiger partial charge on any atom is 0.260 e. The maximum atomic E-state index is 12.6. The molecular weight excluding hydrogens is 352 g/mol. The zero-order valence-electron chi connectivity index (χ0n) is 15.5. The fraction of sp³-hybridized carbons (Fsp3) is 0.650. The van der Waals surface area contributed by atoms with Gasteiger partial charge in [-0.1, -0.05) is 30.9 Å². The van der Waals surface area contributed by atoms with Crippen LogP contribution in [0.4, 0.5) is 0 Å². The van der Waals surface area contributed by atoms with Crippen molar-refractivity contribution in [3.8, 4) is 5.75 Å². The fourth-order valence-corrected chi connectivity index (χ4v) is 4.14. The summed E-state index contributed by atoms with van der Waals surface area (Å²) in [6.45, 7) is 5.93. The molecule has 6 heteroatoms. The van der Waals surface area contributed by atoms with E-state index in [0.717, 1.165) is 39.1 Å². The van der Waals surface area contributed by atoms with Crippen LogP contribution in [0.2, 0.25) is 5.02 Å². The van der Waals surface area contributed by atoms with E-state index in [2.05, 4.69) is 10.2 Å². The van der Waals surface area contributed by atoms with Crippen molar-refractivity contribution in [3.05, 3.63) is 29.3 Å². The van der Waals surface area contributed by atoms with Gasteiger partial charge in [0.2, 0.25) is 0 Å². The van der Waals surface area contributed by atoms with Gasteiger partial charge in [0.25, 0.3) is 5.91 Å². The first-order valence-electron chi connectivity index (χ1n) is 9.62. The van der Waals surface area contributed by atoms with Crippen LogP contribution in [0.5, 0.6) is 5.75 Å². The molecule has 0 spiro atoms. The molecule has 2 aliphatic rings. The monoisotopic (exact) mass is 380 g/mol.